The Morgan fingerprint density at radius 2 is 1.86 bits per heavy atom. The summed E-state index contributed by atoms with van der Waals surface area (Å²) < 4.78 is 13.2. The Kier molecular flexibility index (Phi) is 6.27. The van der Waals surface area contributed by atoms with E-state index in [1.807, 2.05) is 32.9 Å². The van der Waals surface area contributed by atoms with Gasteiger partial charge in [-0.3, -0.25) is 14.4 Å². The van der Waals surface area contributed by atoms with Crippen LogP contribution in [0.15, 0.2) is 28.9 Å². The van der Waals surface area contributed by atoms with Gasteiger partial charge in [-0.05, 0) is 71.9 Å². The number of nitrogens with zero attached hydrogens (tertiary/aromatic N) is 1. The third kappa shape index (κ3) is 4.45. The highest BCUT2D eigenvalue weighted by atomic mass is 79.9. The number of carbonyl (C=O) groups is 3. The first-order valence-electron chi connectivity index (χ1n) is 9.43. The zero-order valence-electron chi connectivity index (χ0n) is 16.5. The molecule has 0 bridgehead atoms. The number of halogens is 2. The Hall–Kier alpha value is -2.41. The van der Waals surface area contributed by atoms with Crippen molar-refractivity contribution in [2.24, 2.45) is 5.92 Å². The predicted molar refractivity (Wildman–Crippen MR) is 110 cm³/mol. The van der Waals surface area contributed by atoms with Crippen molar-refractivity contribution < 1.29 is 18.8 Å². The molecule has 0 radical (unpaired) electrons. The van der Waals surface area contributed by atoms with Crippen LogP contribution in [0, 0.1) is 32.5 Å². The Balaban J connectivity index is 1.65. The lowest BCUT2D eigenvalue weighted by molar-refractivity contribution is -0.124. The number of aromatic nitrogens is 1. The number of amides is 1. The second-order valence-corrected chi connectivity index (χ2v) is 8.28. The quantitative estimate of drug-likeness (QED) is 0.540. The minimum atomic E-state index is -0.717. The topological polar surface area (TPSA) is 76.1 Å². The smallest absolute Gasteiger partial charge is 0.269 e. The summed E-state index contributed by atoms with van der Waals surface area (Å²) >= 11 is 2.95. The molecule has 3 rings (SSSR count). The lowest BCUT2D eigenvalue weighted by Gasteiger charge is -2.16. The Labute approximate surface area is 177 Å². The number of rotatable bonds is 5. The van der Waals surface area contributed by atoms with Crippen LogP contribution in [0.4, 0.5) is 4.39 Å². The van der Waals surface area contributed by atoms with Gasteiger partial charge in [-0.25, -0.2) is 9.37 Å². The van der Waals surface area contributed by atoms with E-state index in [9.17, 15) is 18.8 Å². The number of Topliss-reactive ketones (excluding diaryl/α,β-unsaturated/α-hetero) is 2. The second kappa shape index (κ2) is 8.53. The summed E-state index contributed by atoms with van der Waals surface area (Å²) in [6.45, 7) is 6.08. The monoisotopic (exact) mass is 460 g/mol. The van der Waals surface area contributed by atoms with E-state index >= 15 is 0 Å². The molecule has 1 amide bonds. The van der Waals surface area contributed by atoms with E-state index in [4.69, 9.17) is 0 Å². The van der Waals surface area contributed by atoms with Gasteiger partial charge in [0, 0.05) is 18.9 Å². The van der Waals surface area contributed by atoms with Gasteiger partial charge in [-0.15, -0.1) is 0 Å². The largest absolute Gasteiger partial charge is 0.351 e. The first-order valence-corrected chi connectivity index (χ1v) is 10.2. The molecule has 2 unspecified atom stereocenters. The third-order valence-corrected chi connectivity index (χ3v) is 5.85. The van der Waals surface area contributed by atoms with Crippen molar-refractivity contribution in [1.82, 2.24) is 10.3 Å². The first kappa shape index (κ1) is 21.3. The minimum Gasteiger partial charge on any atom is -0.351 e. The maximum atomic E-state index is 13.2. The summed E-state index contributed by atoms with van der Waals surface area (Å²) in [5.74, 6) is -2.28. The molecule has 152 valence electrons. The molecular weight excluding hydrogens is 439 g/mol. The molecule has 1 N–H and O–H groups in total. The standard InChI is InChI=1S/C22H22BrFN2O3/c1-11-8-12(2)18(13(3)9-11)19-17(27)10-14(20(19)28)6-7-25-22(29)16-5-4-15(24)21(23)26-16/h4-5,8-9,14,19H,6-7,10H2,1-3H3,(H,25,29). The van der Waals surface area contributed by atoms with Crippen LogP contribution < -0.4 is 5.32 Å². The summed E-state index contributed by atoms with van der Waals surface area (Å²) in [6, 6.07) is 6.43. The minimum absolute atomic E-state index is 0.0339. The van der Waals surface area contributed by atoms with Crippen molar-refractivity contribution >= 4 is 33.4 Å². The van der Waals surface area contributed by atoms with Gasteiger partial charge in [0.15, 0.2) is 11.6 Å². The molecule has 1 heterocycles. The van der Waals surface area contributed by atoms with Crippen molar-refractivity contribution in [2.75, 3.05) is 6.54 Å². The number of ketones is 2. The summed E-state index contributed by atoms with van der Waals surface area (Å²) in [4.78, 5) is 41.6. The van der Waals surface area contributed by atoms with E-state index in [0.717, 1.165) is 28.3 Å². The fraction of sp³-hybridized carbons (Fsp3) is 0.364. The van der Waals surface area contributed by atoms with Gasteiger partial charge < -0.3 is 5.32 Å². The highest BCUT2D eigenvalue weighted by molar-refractivity contribution is 9.10. The fourth-order valence-electron chi connectivity index (χ4n) is 4.04. The number of nitrogens with one attached hydrogen (secondary N) is 1. The zero-order chi connectivity index (χ0) is 21.3. The number of carbonyl (C=O) groups excluding carboxylic acids is 3. The molecule has 1 aliphatic carbocycles. The van der Waals surface area contributed by atoms with Gasteiger partial charge in [0.1, 0.15) is 22.0 Å². The maximum absolute atomic E-state index is 13.2. The predicted octanol–water partition coefficient (Wildman–Crippen LogP) is 3.97. The van der Waals surface area contributed by atoms with Gasteiger partial charge in [-0.2, -0.15) is 0 Å². The van der Waals surface area contributed by atoms with Crippen molar-refractivity contribution in [3.63, 3.8) is 0 Å². The number of hydrogen-bond donors (Lipinski definition) is 1. The number of hydrogen-bond acceptors (Lipinski definition) is 4. The van der Waals surface area contributed by atoms with Crippen molar-refractivity contribution in [2.45, 2.75) is 39.5 Å². The molecule has 0 saturated heterocycles. The second-order valence-electron chi connectivity index (χ2n) is 7.53. The van der Waals surface area contributed by atoms with Crippen LogP contribution in [-0.2, 0) is 9.59 Å². The normalized spacial score (nSPS) is 18.9. The average molecular weight is 461 g/mol. The molecule has 2 aromatic rings. The molecule has 1 aromatic carbocycles. The highest BCUT2D eigenvalue weighted by Gasteiger charge is 2.42. The Morgan fingerprint density at radius 1 is 1.21 bits per heavy atom. The fourth-order valence-corrected chi connectivity index (χ4v) is 4.37. The van der Waals surface area contributed by atoms with Gasteiger partial charge in [0.05, 0.1) is 0 Å². The molecule has 7 heteroatoms. The van der Waals surface area contributed by atoms with Crippen LogP contribution in [0.5, 0.6) is 0 Å². The molecule has 1 aliphatic rings. The van der Waals surface area contributed by atoms with Crippen molar-refractivity contribution in [1.29, 1.82) is 0 Å². The molecule has 1 saturated carbocycles. The average Bonchev–Trinajstić information content (AvgIpc) is 2.91. The lowest BCUT2D eigenvalue weighted by Crippen LogP contribution is -2.28. The molecule has 0 aliphatic heterocycles. The molecule has 0 spiro atoms. The number of aryl methyl sites for hydroxylation is 3. The van der Waals surface area contributed by atoms with Crippen molar-refractivity contribution in [3.8, 4) is 0 Å². The molecular formula is C22H22BrFN2O3. The highest BCUT2D eigenvalue weighted by Crippen LogP contribution is 2.37. The molecule has 1 fully saturated rings. The first-order chi connectivity index (χ1) is 13.7. The van der Waals surface area contributed by atoms with Crippen LogP contribution in [0.3, 0.4) is 0 Å². The Bertz CT molecular complexity index is 983. The van der Waals surface area contributed by atoms with E-state index in [1.54, 1.807) is 0 Å². The van der Waals surface area contributed by atoms with E-state index in [2.05, 4.69) is 26.2 Å². The third-order valence-electron chi connectivity index (χ3n) is 5.30. The van der Waals surface area contributed by atoms with Gasteiger partial charge in [0.2, 0.25) is 0 Å². The van der Waals surface area contributed by atoms with Crippen LogP contribution in [0.1, 0.15) is 51.5 Å². The SMILES string of the molecule is Cc1cc(C)c(C2C(=O)CC(CCNC(=O)c3ccc(F)c(Br)n3)C2=O)c(C)c1. The van der Waals surface area contributed by atoms with Gasteiger partial charge >= 0.3 is 0 Å². The zero-order valence-corrected chi connectivity index (χ0v) is 18.1. The van der Waals surface area contributed by atoms with E-state index in [0.29, 0.717) is 6.42 Å². The van der Waals surface area contributed by atoms with E-state index in [-0.39, 0.29) is 34.8 Å². The van der Waals surface area contributed by atoms with E-state index in [1.165, 1.54) is 6.07 Å². The molecule has 1 aromatic heterocycles. The summed E-state index contributed by atoms with van der Waals surface area (Å²) in [6.07, 6.45) is 0.561. The summed E-state index contributed by atoms with van der Waals surface area (Å²) in [7, 11) is 0. The summed E-state index contributed by atoms with van der Waals surface area (Å²) in [5.41, 5.74) is 3.91. The molecule has 29 heavy (non-hydrogen) atoms. The molecule has 2 atom stereocenters. The lowest BCUT2D eigenvalue weighted by atomic mass is 9.86. The summed E-state index contributed by atoms with van der Waals surface area (Å²) in [5, 5.41) is 2.68. The van der Waals surface area contributed by atoms with Crippen LogP contribution in [-0.4, -0.2) is 29.0 Å². The van der Waals surface area contributed by atoms with Crippen LogP contribution in [0.2, 0.25) is 0 Å². The number of benzene rings is 1. The van der Waals surface area contributed by atoms with Crippen LogP contribution in [0.25, 0.3) is 0 Å². The molecule has 5 nitrogen and oxygen atoms in total. The Morgan fingerprint density at radius 3 is 2.48 bits per heavy atom. The maximum Gasteiger partial charge on any atom is 0.269 e. The van der Waals surface area contributed by atoms with Gasteiger partial charge in [-0.1, -0.05) is 17.7 Å². The van der Waals surface area contributed by atoms with Gasteiger partial charge in [0.25, 0.3) is 5.91 Å². The van der Waals surface area contributed by atoms with Crippen molar-refractivity contribution in [3.05, 3.63) is 62.6 Å². The van der Waals surface area contributed by atoms with Crippen LogP contribution >= 0.6 is 15.9 Å². The van der Waals surface area contributed by atoms with E-state index < -0.39 is 23.6 Å². The number of pyridine rings is 1.